The summed E-state index contributed by atoms with van der Waals surface area (Å²) in [5, 5.41) is 3.81. The first-order valence-corrected chi connectivity index (χ1v) is 9.51. The summed E-state index contributed by atoms with van der Waals surface area (Å²) in [5.41, 5.74) is 0.647. The van der Waals surface area contributed by atoms with Gasteiger partial charge in [0, 0.05) is 6.07 Å². The first-order chi connectivity index (χ1) is 12.9. The van der Waals surface area contributed by atoms with Crippen molar-refractivity contribution < 1.29 is 27.4 Å². The van der Waals surface area contributed by atoms with Gasteiger partial charge in [0.2, 0.25) is 0 Å². The molecule has 0 spiro atoms. The smallest absolute Gasteiger partial charge is 0.276 e. The Bertz CT molecular complexity index is 912. The highest BCUT2D eigenvalue weighted by Crippen LogP contribution is 2.29. The third-order valence-corrected chi connectivity index (χ3v) is 4.76. The fraction of sp³-hybridized carbons (Fsp3) is 0.278. The van der Waals surface area contributed by atoms with Gasteiger partial charge in [-0.25, -0.2) is 4.83 Å². The van der Waals surface area contributed by atoms with E-state index in [2.05, 4.69) is 9.93 Å². The molecule has 0 fully saturated rings. The normalized spacial score (nSPS) is 11.3. The van der Waals surface area contributed by atoms with Crippen molar-refractivity contribution in [2.75, 3.05) is 27.9 Å². The van der Waals surface area contributed by atoms with Gasteiger partial charge >= 0.3 is 0 Å². The van der Waals surface area contributed by atoms with Gasteiger partial charge in [-0.15, -0.1) is 0 Å². The van der Waals surface area contributed by atoms with Crippen molar-refractivity contribution in [3.8, 4) is 23.0 Å². The first kappa shape index (κ1) is 20.4. The highest BCUT2D eigenvalue weighted by atomic mass is 32.2. The predicted octanol–water partition coefficient (Wildman–Crippen LogP) is 2.42. The molecule has 0 saturated carbocycles. The van der Waals surface area contributed by atoms with Crippen molar-refractivity contribution in [1.82, 2.24) is 4.83 Å². The van der Waals surface area contributed by atoms with E-state index in [4.69, 9.17) is 18.9 Å². The number of hydrazone groups is 1. The Morgan fingerprint density at radius 1 is 0.926 bits per heavy atom. The van der Waals surface area contributed by atoms with Crippen LogP contribution in [-0.4, -0.2) is 42.6 Å². The molecular weight excluding hydrogens is 372 g/mol. The van der Waals surface area contributed by atoms with E-state index in [1.54, 1.807) is 25.3 Å². The minimum atomic E-state index is -3.86. The minimum Gasteiger partial charge on any atom is -0.493 e. The van der Waals surface area contributed by atoms with Crippen LogP contribution in [0.1, 0.15) is 12.5 Å². The maximum atomic E-state index is 12.4. The van der Waals surface area contributed by atoms with E-state index < -0.39 is 10.0 Å². The molecule has 9 heteroatoms. The van der Waals surface area contributed by atoms with Gasteiger partial charge in [0.05, 0.1) is 39.0 Å². The molecule has 2 aromatic rings. The van der Waals surface area contributed by atoms with Gasteiger partial charge in [-0.05, 0) is 42.8 Å². The lowest BCUT2D eigenvalue weighted by atomic mass is 10.2. The van der Waals surface area contributed by atoms with Gasteiger partial charge in [-0.2, -0.15) is 13.5 Å². The summed E-state index contributed by atoms with van der Waals surface area (Å²) in [7, 11) is 0.586. The zero-order chi connectivity index (χ0) is 19.9. The summed E-state index contributed by atoms with van der Waals surface area (Å²) in [5.74, 6) is 1.87. The second kappa shape index (κ2) is 9.13. The molecule has 0 heterocycles. The average molecular weight is 394 g/mol. The molecule has 2 aromatic carbocycles. The quantitative estimate of drug-likeness (QED) is 0.518. The van der Waals surface area contributed by atoms with Gasteiger partial charge in [-0.1, -0.05) is 0 Å². The van der Waals surface area contributed by atoms with Crippen LogP contribution >= 0.6 is 0 Å². The highest BCUT2D eigenvalue weighted by molar-refractivity contribution is 7.89. The Balaban J connectivity index is 2.18. The molecule has 0 unspecified atom stereocenters. The number of sulfonamides is 1. The number of nitrogens with one attached hydrogen (secondary N) is 1. The predicted molar refractivity (Wildman–Crippen MR) is 102 cm³/mol. The van der Waals surface area contributed by atoms with E-state index in [1.807, 2.05) is 6.92 Å². The highest BCUT2D eigenvalue weighted by Gasteiger charge is 2.16. The summed E-state index contributed by atoms with van der Waals surface area (Å²) in [6.07, 6.45) is 1.38. The summed E-state index contributed by atoms with van der Waals surface area (Å²) < 4.78 is 45.7. The lowest BCUT2D eigenvalue weighted by Gasteiger charge is -2.10. The molecule has 0 aliphatic rings. The van der Waals surface area contributed by atoms with E-state index in [9.17, 15) is 8.42 Å². The van der Waals surface area contributed by atoms with Crippen LogP contribution in [0.5, 0.6) is 23.0 Å². The van der Waals surface area contributed by atoms with E-state index >= 15 is 0 Å². The fourth-order valence-electron chi connectivity index (χ4n) is 2.25. The molecular formula is C18H22N2O6S. The topological polar surface area (TPSA) is 95.5 Å². The van der Waals surface area contributed by atoms with E-state index in [-0.39, 0.29) is 4.90 Å². The van der Waals surface area contributed by atoms with E-state index in [1.165, 1.54) is 38.6 Å². The molecule has 0 radical (unpaired) electrons. The monoisotopic (exact) mass is 394 g/mol. The number of nitrogens with zero attached hydrogens (tertiary/aromatic N) is 1. The summed E-state index contributed by atoms with van der Waals surface area (Å²) >= 11 is 0. The number of benzene rings is 2. The molecule has 8 nitrogen and oxygen atoms in total. The number of rotatable bonds is 9. The van der Waals surface area contributed by atoms with Crippen LogP contribution in [0.3, 0.4) is 0 Å². The van der Waals surface area contributed by atoms with Gasteiger partial charge in [0.1, 0.15) is 0 Å². The summed E-state index contributed by atoms with van der Waals surface area (Å²) in [6, 6.07) is 9.42. The first-order valence-electron chi connectivity index (χ1n) is 8.03. The summed E-state index contributed by atoms with van der Waals surface area (Å²) in [4.78, 5) is 2.17. The molecule has 0 aromatic heterocycles. The van der Waals surface area contributed by atoms with Crippen molar-refractivity contribution in [2.24, 2.45) is 5.10 Å². The Morgan fingerprint density at radius 2 is 1.56 bits per heavy atom. The molecule has 2 rings (SSSR count). The molecule has 0 saturated heterocycles. The van der Waals surface area contributed by atoms with Gasteiger partial charge in [0.25, 0.3) is 10.0 Å². The molecule has 0 amide bonds. The molecule has 146 valence electrons. The van der Waals surface area contributed by atoms with Crippen molar-refractivity contribution in [2.45, 2.75) is 11.8 Å². The molecule has 0 bridgehead atoms. The third-order valence-electron chi connectivity index (χ3n) is 3.54. The van der Waals surface area contributed by atoms with E-state index in [0.29, 0.717) is 35.2 Å². The average Bonchev–Trinajstić information content (AvgIpc) is 2.67. The van der Waals surface area contributed by atoms with Gasteiger partial charge < -0.3 is 18.9 Å². The molecule has 0 aliphatic heterocycles. The maximum Gasteiger partial charge on any atom is 0.276 e. The lowest BCUT2D eigenvalue weighted by Crippen LogP contribution is -2.18. The van der Waals surface area contributed by atoms with Crippen LogP contribution in [0.2, 0.25) is 0 Å². The third kappa shape index (κ3) is 5.04. The van der Waals surface area contributed by atoms with Crippen LogP contribution in [-0.2, 0) is 10.0 Å². The Kier molecular flexibility index (Phi) is 6.89. The van der Waals surface area contributed by atoms with Crippen molar-refractivity contribution in [3.63, 3.8) is 0 Å². The maximum absolute atomic E-state index is 12.4. The molecule has 0 aliphatic carbocycles. The van der Waals surface area contributed by atoms with Gasteiger partial charge in [0.15, 0.2) is 23.0 Å². The van der Waals surface area contributed by atoms with Crippen molar-refractivity contribution >= 4 is 16.2 Å². The minimum absolute atomic E-state index is 0.00189. The van der Waals surface area contributed by atoms with E-state index in [0.717, 1.165) is 0 Å². The Morgan fingerprint density at radius 3 is 2.19 bits per heavy atom. The Labute approximate surface area is 158 Å². The van der Waals surface area contributed by atoms with Crippen molar-refractivity contribution in [1.29, 1.82) is 0 Å². The number of methoxy groups -OCH3 is 3. The lowest BCUT2D eigenvalue weighted by molar-refractivity contribution is 0.311. The van der Waals surface area contributed by atoms with Crippen molar-refractivity contribution in [3.05, 3.63) is 42.0 Å². The second-order valence-corrected chi connectivity index (χ2v) is 6.87. The van der Waals surface area contributed by atoms with Crippen LogP contribution in [0.4, 0.5) is 0 Å². The van der Waals surface area contributed by atoms with Crippen LogP contribution in [0.25, 0.3) is 0 Å². The van der Waals surface area contributed by atoms with Crippen LogP contribution < -0.4 is 23.8 Å². The second-order valence-electron chi connectivity index (χ2n) is 5.21. The largest absolute Gasteiger partial charge is 0.493 e. The van der Waals surface area contributed by atoms with Crippen LogP contribution in [0, 0.1) is 0 Å². The SMILES string of the molecule is CCOc1cc(/C=N/NS(=O)(=O)c2ccc(OC)c(OC)c2)ccc1OC. The standard InChI is InChI=1S/C18H22N2O6S/c1-5-26-18-10-13(6-8-16(18)24-3)12-19-20-27(21,22)14-7-9-15(23-2)17(11-14)25-4/h6-12,20H,5H2,1-4H3/b19-12+. The van der Waals surface area contributed by atoms with Gasteiger partial charge in [-0.3, -0.25) is 0 Å². The summed E-state index contributed by atoms with van der Waals surface area (Å²) in [6.45, 7) is 2.33. The number of hydrogen-bond acceptors (Lipinski definition) is 7. The zero-order valence-electron chi connectivity index (χ0n) is 15.6. The molecule has 0 atom stereocenters. The zero-order valence-corrected chi connectivity index (χ0v) is 16.4. The molecule has 27 heavy (non-hydrogen) atoms. The number of hydrogen-bond donors (Lipinski definition) is 1. The fourth-order valence-corrected chi connectivity index (χ4v) is 3.05. The number of ether oxygens (including phenoxy) is 4. The Hall–Kier alpha value is -2.94. The van der Waals surface area contributed by atoms with Crippen LogP contribution in [0.15, 0.2) is 46.4 Å². The molecule has 1 N–H and O–H groups in total.